The van der Waals surface area contributed by atoms with Gasteiger partial charge in [0.1, 0.15) is 11.5 Å². The minimum Gasteiger partial charge on any atom is -0.493 e. The van der Waals surface area contributed by atoms with Crippen LogP contribution in [0.4, 0.5) is 0 Å². The minimum absolute atomic E-state index is 0.135. The van der Waals surface area contributed by atoms with Gasteiger partial charge in [0.15, 0.2) is 6.10 Å². The van der Waals surface area contributed by atoms with Gasteiger partial charge in [-0.05, 0) is 41.3 Å². The Kier molecular flexibility index (Phi) is 9.26. The molecular formula is C30H31N3O5. The summed E-state index contributed by atoms with van der Waals surface area (Å²) in [5.41, 5.74) is 6.88. The van der Waals surface area contributed by atoms with Crippen molar-refractivity contribution in [2.75, 3.05) is 13.2 Å². The number of carboxylic acid groups (broad SMARTS) is 1. The van der Waals surface area contributed by atoms with Gasteiger partial charge >= 0.3 is 5.97 Å². The Morgan fingerprint density at radius 3 is 2.42 bits per heavy atom. The molecule has 4 N–H and O–H groups in total. The summed E-state index contributed by atoms with van der Waals surface area (Å²) in [6, 6.07) is 24.7. The van der Waals surface area contributed by atoms with Crippen molar-refractivity contribution >= 4 is 23.7 Å². The van der Waals surface area contributed by atoms with Gasteiger partial charge < -0.3 is 25.7 Å². The lowest BCUT2D eigenvalue weighted by molar-refractivity contribution is -0.147. The van der Waals surface area contributed by atoms with Crippen LogP contribution in [0.15, 0.2) is 90.0 Å². The number of aliphatic hydroxyl groups excluding tert-OH is 1. The molecule has 4 rings (SSSR count). The van der Waals surface area contributed by atoms with E-state index in [1.54, 1.807) is 12.2 Å². The van der Waals surface area contributed by atoms with Crippen LogP contribution in [-0.4, -0.2) is 53.1 Å². The molecule has 0 bridgehead atoms. The van der Waals surface area contributed by atoms with Crippen LogP contribution >= 0.6 is 0 Å². The molecule has 0 spiro atoms. The molecule has 2 atom stereocenters. The highest BCUT2D eigenvalue weighted by atomic mass is 16.5. The Hall–Kier alpha value is -4.43. The average molecular weight is 514 g/mol. The van der Waals surface area contributed by atoms with E-state index in [1.807, 2.05) is 78.9 Å². The first-order chi connectivity index (χ1) is 18.5. The summed E-state index contributed by atoms with van der Waals surface area (Å²) < 4.78 is 5.82. The minimum atomic E-state index is -1.61. The number of rotatable bonds is 8. The molecule has 1 aliphatic rings. The van der Waals surface area contributed by atoms with E-state index in [0.29, 0.717) is 31.7 Å². The van der Waals surface area contributed by atoms with Crippen LogP contribution in [0.25, 0.3) is 17.2 Å². The number of carbonyl (C=O) groups is 2. The summed E-state index contributed by atoms with van der Waals surface area (Å²) in [5.74, 6) is -1.10. The van der Waals surface area contributed by atoms with Gasteiger partial charge in [-0.25, -0.2) is 4.79 Å². The maximum absolute atomic E-state index is 13.3. The molecule has 1 amide bonds. The molecule has 3 aromatic rings. The zero-order chi connectivity index (χ0) is 26.7. The van der Waals surface area contributed by atoms with Crippen molar-refractivity contribution in [1.82, 2.24) is 10.7 Å². The predicted molar refractivity (Wildman–Crippen MR) is 147 cm³/mol. The molecule has 0 unspecified atom stereocenters. The molecule has 196 valence electrons. The number of benzene rings is 3. The van der Waals surface area contributed by atoms with Crippen molar-refractivity contribution in [3.63, 3.8) is 0 Å². The first-order valence-corrected chi connectivity index (χ1v) is 12.6. The van der Waals surface area contributed by atoms with E-state index < -0.39 is 24.0 Å². The summed E-state index contributed by atoms with van der Waals surface area (Å²) in [6.07, 6.45) is 2.61. The molecule has 0 aromatic heterocycles. The Labute approximate surface area is 221 Å². The lowest BCUT2D eigenvalue weighted by Crippen LogP contribution is -2.43. The van der Waals surface area contributed by atoms with Crippen molar-refractivity contribution in [2.24, 2.45) is 5.10 Å². The van der Waals surface area contributed by atoms with E-state index in [2.05, 4.69) is 15.8 Å². The van der Waals surface area contributed by atoms with Crippen LogP contribution in [0.1, 0.15) is 24.0 Å². The number of ether oxygens (including phenoxy) is 1. The number of nitrogens with zero attached hydrogens (tertiary/aromatic N) is 1. The molecule has 1 aliphatic heterocycles. The number of carboxylic acids is 1. The number of hydrogen-bond acceptors (Lipinski definition) is 6. The fourth-order valence-electron chi connectivity index (χ4n) is 4.13. The molecular weight excluding hydrogens is 482 g/mol. The second-order valence-electron chi connectivity index (χ2n) is 9.01. The molecule has 3 aromatic carbocycles. The predicted octanol–water partition coefficient (Wildman–Crippen LogP) is 3.66. The van der Waals surface area contributed by atoms with Crippen LogP contribution in [-0.2, 0) is 16.0 Å². The van der Waals surface area contributed by atoms with Crippen LogP contribution in [0.3, 0.4) is 0 Å². The maximum Gasteiger partial charge on any atom is 0.332 e. The second-order valence-corrected chi connectivity index (χ2v) is 9.01. The Balaban J connectivity index is 1.52. The molecule has 0 saturated heterocycles. The third-order valence-corrected chi connectivity index (χ3v) is 6.13. The second kappa shape index (κ2) is 13.2. The monoisotopic (exact) mass is 513 g/mol. The van der Waals surface area contributed by atoms with Crippen molar-refractivity contribution in [3.8, 4) is 16.9 Å². The van der Waals surface area contributed by atoms with Gasteiger partial charge in [0.25, 0.3) is 5.91 Å². The largest absolute Gasteiger partial charge is 0.493 e. The van der Waals surface area contributed by atoms with Gasteiger partial charge in [0, 0.05) is 31.0 Å². The highest BCUT2D eigenvalue weighted by molar-refractivity contribution is 6.44. The molecule has 0 aliphatic carbocycles. The molecule has 8 heteroatoms. The van der Waals surface area contributed by atoms with Gasteiger partial charge in [0.2, 0.25) is 0 Å². The SMILES string of the molecule is O=C(N[C@H](Cc1ccc(-c2ccccc2)cc1)C[C@@H](O)C(=O)O)C1=NNCCCOc2ccccc2C=C1. The van der Waals surface area contributed by atoms with Crippen molar-refractivity contribution in [1.29, 1.82) is 0 Å². The Morgan fingerprint density at radius 2 is 1.66 bits per heavy atom. The van der Waals surface area contributed by atoms with Crippen molar-refractivity contribution < 1.29 is 24.5 Å². The molecule has 1 heterocycles. The summed E-state index contributed by atoms with van der Waals surface area (Å²) in [6.45, 7) is 1.02. The smallest absolute Gasteiger partial charge is 0.332 e. The number of carbonyl (C=O) groups excluding carboxylic acids is 1. The van der Waals surface area contributed by atoms with Gasteiger partial charge in [-0.2, -0.15) is 5.10 Å². The van der Waals surface area contributed by atoms with Crippen LogP contribution in [0.2, 0.25) is 0 Å². The first-order valence-electron chi connectivity index (χ1n) is 12.6. The van der Waals surface area contributed by atoms with E-state index in [4.69, 9.17) is 4.74 Å². The quantitative estimate of drug-likeness (QED) is 0.365. The number of fused-ring (bicyclic) bond motifs is 1. The highest BCUT2D eigenvalue weighted by Crippen LogP contribution is 2.21. The van der Waals surface area contributed by atoms with Gasteiger partial charge in [-0.15, -0.1) is 0 Å². The number of hydrogen-bond donors (Lipinski definition) is 4. The summed E-state index contributed by atoms with van der Waals surface area (Å²) in [7, 11) is 0. The van der Waals surface area contributed by atoms with Gasteiger partial charge in [0.05, 0.1) is 6.61 Å². The number of amides is 1. The standard InChI is InChI=1S/C30H31N3O5/c34-27(30(36)37)20-25(19-21-11-13-23(14-12-21)22-7-2-1-3-8-22)32-29(35)26-16-15-24-9-4-5-10-28(24)38-18-6-17-31-33-26/h1-5,7-16,25,27,31,34H,6,17-20H2,(H,32,35)(H,36,37)/t25-,27-/m1/s1. The number of nitrogens with one attached hydrogen (secondary N) is 2. The molecule has 8 nitrogen and oxygen atoms in total. The Morgan fingerprint density at radius 1 is 0.947 bits per heavy atom. The lowest BCUT2D eigenvalue weighted by Gasteiger charge is -2.20. The maximum atomic E-state index is 13.3. The van der Waals surface area contributed by atoms with E-state index in [1.165, 1.54) is 0 Å². The zero-order valence-corrected chi connectivity index (χ0v) is 20.9. The average Bonchev–Trinajstić information content (AvgIpc) is 2.98. The molecule has 0 saturated carbocycles. The number of hydrazone groups is 1. The van der Waals surface area contributed by atoms with E-state index in [0.717, 1.165) is 22.3 Å². The van der Waals surface area contributed by atoms with Crippen LogP contribution in [0.5, 0.6) is 5.75 Å². The van der Waals surface area contributed by atoms with Crippen molar-refractivity contribution in [3.05, 3.63) is 96.1 Å². The third kappa shape index (κ3) is 7.54. The normalized spacial score (nSPS) is 14.9. The highest BCUT2D eigenvalue weighted by Gasteiger charge is 2.23. The van der Waals surface area contributed by atoms with Crippen LogP contribution in [0, 0.1) is 0 Å². The van der Waals surface area contributed by atoms with Crippen molar-refractivity contribution in [2.45, 2.75) is 31.4 Å². The van der Waals surface area contributed by atoms with E-state index in [9.17, 15) is 19.8 Å². The molecule has 0 radical (unpaired) electrons. The number of para-hydroxylation sites is 1. The zero-order valence-electron chi connectivity index (χ0n) is 20.9. The molecule has 38 heavy (non-hydrogen) atoms. The van der Waals surface area contributed by atoms with E-state index in [-0.39, 0.29) is 12.1 Å². The van der Waals surface area contributed by atoms with Gasteiger partial charge in [-0.3, -0.25) is 4.79 Å². The Bertz CT molecular complexity index is 1290. The first kappa shape index (κ1) is 26.6. The summed E-state index contributed by atoms with van der Waals surface area (Å²) >= 11 is 0. The number of aliphatic carboxylic acids is 1. The molecule has 0 fully saturated rings. The third-order valence-electron chi connectivity index (χ3n) is 6.13. The lowest BCUT2D eigenvalue weighted by atomic mass is 9.97. The van der Waals surface area contributed by atoms with E-state index >= 15 is 0 Å². The fraction of sp³-hybridized carbons (Fsp3) is 0.233. The van der Waals surface area contributed by atoms with Crippen LogP contribution < -0.4 is 15.5 Å². The number of aliphatic hydroxyl groups is 1. The fourth-order valence-corrected chi connectivity index (χ4v) is 4.13. The topological polar surface area (TPSA) is 120 Å². The van der Waals surface area contributed by atoms with Gasteiger partial charge in [-0.1, -0.05) is 72.8 Å². The summed E-state index contributed by atoms with van der Waals surface area (Å²) in [5, 5.41) is 26.5. The summed E-state index contributed by atoms with van der Waals surface area (Å²) in [4.78, 5) is 24.6.